The van der Waals surface area contributed by atoms with Crippen LogP contribution in [0.25, 0.3) is 0 Å². The van der Waals surface area contributed by atoms with E-state index in [4.69, 9.17) is 4.74 Å². The summed E-state index contributed by atoms with van der Waals surface area (Å²) in [4.78, 5) is 0. The van der Waals surface area contributed by atoms with Crippen LogP contribution >= 0.6 is 0 Å². The molecule has 80 valence electrons. The molecule has 2 aliphatic rings. The molecule has 1 fully saturated rings. The smallest absolute Gasteiger partial charge is 0.142 e. The van der Waals surface area contributed by atoms with Crippen molar-refractivity contribution in [3.8, 4) is 5.75 Å². The zero-order chi connectivity index (χ0) is 10.1. The lowest BCUT2D eigenvalue weighted by Crippen LogP contribution is -2.19. The zero-order valence-electron chi connectivity index (χ0n) is 8.96. The summed E-state index contributed by atoms with van der Waals surface area (Å²) in [6, 6.07) is 6.36. The number of anilines is 1. The van der Waals surface area contributed by atoms with E-state index in [9.17, 15) is 0 Å². The Hall–Kier alpha value is -1.18. The maximum absolute atomic E-state index is 5.89. The Bertz CT molecular complexity index is 358. The third-order valence-corrected chi connectivity index (χ3v) is 3.51. The molecular weight excluding hydrogens is 186 g/mol. The molecule has 0 amide bonds. The van der Waals surface area contributed by atoms with E-state index in [1.165, 1.54) is 30.5 Å². The Morgan fingerprint density at radius 1 is 1.33 bits per heavy atom. The molecule has 3 rings (SSSR count). The van der Waals surface area contributed by atoms with Crippen molar-refractivity contribution in [1.82, 2.24) is 0 Å². The Morgan fingerprint density at radius 3 is 3.07 bits per heavy atom. The average molecular weight is 203 g/mol. The summed E-state index contributed by atoms with van der Waals surface area (Å²) in [5.74, 6) is 1.86. The van der Waals surface area contributed by atoms with Crippen LogP contribution < -0.4 is 10.1 Å². The standard InChI is InChI=1S/C13H17NO/c1-3-10(4-1)9-15-12-6-2-5-11-7-8-14-13(11)12/h2,5-6,10,14H,1,3-4,7-9H2. The van der Waals surface area contributed by atoms with Gasteiger partial charge in [-0.1, -0.05) is 18.6 Å². The summed E-state index contributed by atoms with van der Waals surface area (Å²) < 4.78 is 5.89. The van der Waals surface area contributed by atoms with Gasteiger partial charge in [0, 0.05) is 6.54 Å². The SMILES string of the molecule is c1cc2c(c(OCC3CCC3)c1)NCC2. The molecule has 1 aromatic rings. The summed E-state index contributed by atoms with van der Waals surface area (Å²) in [5, 5.41) is 3.40. The minimum atomic E-state index is 0.808. The van der Waals surface area contributed by atoms with E-state index in [2.05, 4.69) is 23.5 Å². The van der Waals surface area contributed by atoms with E-state index >= 15 is 0 Å². The van der Waals surface area contributed by atoms with Crippen LogP contribution in [0.15, 0.2) is 18.2 Å². The first-order valence-corrected chi connectivity index (χ1v) is 5.92. The molecule has 1 N–H and O–H groups in total. The van der Waals surface area contributed by atoms with Gasteiger partial charge in [0.25, 0.3) is 0 Å². The first kappa shape index (κ1) is 9.08. The predicted molar refractivity (Wildman–Crippen MR) is 61.5 cm³/mol. The first-order chi connectivity index (χ1) is 7.43. The number of nitrogens with one attached hydrogen (secondary N) is 1. The normalized spacial score (nSPS) is 19.2. The number of rotatable bonds is 3. The quantitative estimate of drug-likeness (QED) is 0.815. The molecule has 0 atom stereocenters. The van der Waals surface area contributed by atoms with Gasteiger partial charge in [0.05, 0.1) is 12.3 Å². The van der Waals surface area contributed by atoms with E-state index in [0.717, 1.165) is 31.2 Å². The highest BCUT2D eigenvalue weighted by Crippen LogP contribution is 2.34. The molecule has 0 aromatic heterocycles. The molecule has 0 unspecified atom stereocenters. The van der Waals surface area contributed by atoms with Gasteiger partial charge in [-0.05, 0) is 36.8 Å². The molecule has 0 radical (unpaired) electrons. The highest BCUT2D eigenvalue weighted by atomic mass is 16.5. The Kier molecular flexibility index (Phi) is 2.28. The summed E-state index contributed by atoms with van der Waals surface area (Å²) in [6.07, 6.45) is 5.22. The van der Waals surface area contributed by atoms with Gasteiger partial charge in [-0.25, -0.2) is 0 Å². The van der Waals surface area contributed by atoms with E-state index in [0.29, 0.717) is 0 Å². The number of fused-ring (bicyclic) bond motifs is 1. The fourth-order valence-electron chi connectivity index (χ4n) is 2.30. The fraction of sp³-hybridized carbons (Fsp3) is 0.538. The number of para-hydroxylation sites is 1. The number of hydrogen-bond acceptors (Lipinski definition) is 2. The van der Waals surface area contributed by atoms with Crippen molar-refractivity contribution in [3.63, 3.8) is 0 Å². The van der Waals surface area contributed by atoms with Crippen molar-refractivity contribution in [1.29, 1.82) is 0 Å². The molecule has 0 saturated heterocycles. The van der Waals surface area contributed by atoms with E-state index in [1.54, 1.807) is 0 Å². The van der Waals surface area contributed by atoms with Gasteiger partial charge in [0.1, 0.15) is 5.75 Å². The molecule has 2 nitrogen and oxygen atoms in total. The largest absolute Gasteiger partial charge is 0.491 e. The van der Waals surface area contributed by atoms with Crippen LogP contribution in [0.5, 0.6) is 5.75 Å². The van der Waals surface area contributed by atoms with Crippen molar-refractivity contribution < 1.29 is 4.74 Å². The molecule has 1 aliphatic heterocycles. The maximum Gasteiger partial charge on any atom is 0.142 e. The third kappa shape index (κ3) is 1.69. The summed E-state index contributed by atoms with van der Waals surface area (Å²) in [7, 11) is 0. The second kappa shape index (κ2) is 3.76. The van der Waals surface area contributed by atoms with Crippen LogP contribution in [0.1, 0.15) is 24.8 Å². The van der Waals surface area contributed by atoms with Crippen LogP contribution in [0, 0.1) is 5.92 Å². The summed E-state index contributed by atoms with van der Waals surface area (Å²) in [6.45, 7) is 1.96. The second-order valence-corrected chi connectivity index (χ2v) is 4.57. The number of hydrogen-bond donors (Lipinski definition) is 1. The number of benzene rings is 1. The van der Waals surface area contributed by atoms with Crippen molar-refractivity contribution >= 4 is 5.69 Å². The van der Waals surface area contributed by atoms with Gasteiger partial charge >= 0.3 is 0 Å². The lowest BCUT2D eigenvalue weighted by atomic mass is 9.86. The van der Waals surface area contributed by atoms with Gasteiger partial charge in [-0.3, -0.25) is 0 Å². The van der Waals surface area contributed by atoms with Crippen molar-refractivity contribution in [2.45, 2.75) is 25.7 Å². The molecule has 0 bridgehead atoms. The molecule has 1 heterocycles. The molecule has 2 heteroatoms. The van der Waals surface area contributed by atoms with Crippen LogP contribution in [-0.4, -0.2) is 13.2 Å². The monoisotopic (exact) mass is 203 g/mol. The Balaban J connectivity index is 1.71. The minimum Gasteiger partial charge on any atom is -0.491 e. The average Bonchev–Trinajstić information content (AvgIpc) is 2.63. The summed E-state index contributed by atoms with van der Waals surface area (Å²) >= 11 is 0. The van der Waals surface area contributed by atoms with Crippen molar-refractivity contribution in [2.75, 3.05) is 18.5 Å². The van der Waals surface area contributed by atoms with Gasteiger partial charge in [-0.2, -0.15) is 0 Å². The predicted octanol–water partition coefficient (Wildman–Crippen LogP) is 2.83. The van der Waals surface area contributed by atoms with E-state index in [-0.39, 0.29) is 0 Å². The van der Waals surface area contributed by atoms with Crippen LogP contribution in [0.4, 0.5) is 5.69 Å². The van der Waals surface area contributed by atoms with Crippen molar-refractivity contribution in [2.24, 2.45) is 5.92 Å². The van der Waals surface area contributed by atoms with Crippen LogP contribution in [0.3, 0.4) is 0 Å². The van der Waals surface area contributed by atoms with Crippen LogP contribution in [0.2, 0.25) is 0 Å². The molecule has 0 spiro atoms. The first-order valence-electron chi connectivity index (χ1n) is 5.92. The lowest BCUT2D eigenvalue weighted by molar-refractivity contribution is 0.181. The molecule has 1 aromatic carbocycles. The Morgan fingerprint density at radius 2 is 2.27 bits per heavy atom. The number of ether oxygens (including phenoxy) is 1. The van der Waals surface area contributed by atoms with E-state index < -0.39 is 0 Å². The minimum absolute atomic E-state index is 0.808. The fourth-order valence-corrected chi connectivity index (χ4v) is 2.30. The topological polar surface area (TPSA) is 21.3 Å². The lowest BCUT2D eigenvalue weighted by Gasteiger charge is -2.25. The third-order valence-electron chi connectivity index (χ3n) is 3.51. The van der Waals surface area contributed by atoms with Crippen LogP contribution in [-0.2, 0) is 6.42 Å². The van der Waals surface area contributed by atoms with Gasteiger partial charge in [-0.15, -0.1) is 0 Å². The maximum atomic E-state index is 5.89. The van der Waals surface area contributed by atoms with Gasteiger partial charge < -0.3 is 10.1 Å². The summed E-state index contributed by atoms with van der Waals surface area (Å²) in [5.41, 5.74) is 2.64. The highest BCUT2D eigenvalue weighted by Gasteiger charge is 2.20. The van der Waals surface area contributed by atoms with Gasteiger partial charge in [0.2, 0.25) is 0 Å². The van der Waals surface area contributed by atoms with E-state index in [1.807, 2.05) is 0 Å². The Labute approximate surface area is 90.6 Å². The van der Waals surface area contributed by atoms with Gasteiger partial charge in [0.15, 0.2) is 0 Å². The molecule has 15 heavy (non-hydrogen) atoms. The molecule has 1 aliphatic carbocycles. The zero-order valence-corrected chi connectivity index (χ0v) is 8.96. The molecule has 1 saturated carbocycles. The molecular formula is C13H17NO. The highest BCUT2D eigenvalue weighted by molar-refractivity contribution is 5.65. The van der Waals surface area contributed by atoms with Crippen molar-refractivity contribution in [3.05, 3.63) is 23.8 Å². The second-order valence-electron chi connectivity index (χ2n) is 4.57.